The maximum atomic E-state index is 12.8. The van der Waals surface area contributed by atoms with Crippen molar-refractivity contribution >= 4 is 33.1 Å². The molecule has 8 heteroatoms. The number of nitrogens with one attached hydrogen (secondary N) is 1. The Morgan fingerprint density at radius 3 is 2.56 bits per heavy atom. The molecule has 0 saturated heterocycles. The Hall–Kier alpha value is -2.48. The SMILES string of the molecule is Cc1nc(C)c2c(C)c(C(=O)Nc3cccc(C(F)(F)F)c3)sc2n1. The predicted molar refractivity (Wildman–Crippen MR) is 91.0 cm³/mol. The van der Waals surface area contributed by atoms with Crippen molar-refractivity contribution < 1.29 is 18.0 Å². The maximum Gasteiger partial charge on any atom is 0.416 e. The van der Waals surface area contributed by atoms with Gasteiger partial charge in [-0.3, -0.25) is 4.79 Å². The lowest BCUT2D eigenvalue weighted by molar-refractivity contribution is -0.137. The molecule has 2 heterocycles. The fourth-order valence-electron chi connectivity index (χ4n) is 2.65. The number of aryl methyl sites for hydroxylation is 3. The summed E-state index contributed by atoms with van der Waals surface area (Å²) in [5.74, 6) is 0.146. The molecule has 1 aromatic carbocycles. The Morgan fingerprint density at radius 2 is 1.88 bits per heavy atom. The highest BCUT2D eigenvalue weighted by molar-refractivity contribution is 7.20. The van der Waals surface area contributed by atoms with E-state index < -0.39 is 17.6 Å². The monoisotopic (exact) mass is 365 g/mol. The number of rotatable bonds is 2. The van der Waals surface area contributed by atoms with Crippen molar-refractivity contribution in [3.63, 3.8) is 0 Å². The first-order valence-corrected chi connectivity index (χ1v) is 8.21. The number of carbonyl (C=O) groups is 1. The van der Waals surface area contributed by atoms with Crippen molar-refractivity contribution in [3.05, 3.63) is 51.8 Å². The van der Waals surface area contributed by atoms with Gasteiger partial charge >= 0.3 is 6.18 Å². The van der Waals surface area contributed by atoms with Crippen LogP contribution in [-0.4, -0.2) is 15.9 Å². The van der Waals surface area contributed by atoms with Gasteiger partial charge in [-0.1, -0.05) is 6.07 Å². The third kappa shape index (κ3) is 3.34. The van der Waals surface area contributed by atoms with Gasteiger partial charge in [0.25, 0.3) is 5.91 Å². The van der Waals surface area contributed by atoms with Crippen molar-refractivity contribution in [1.82, 2.24) is 9.97 Å². The Bertz CT molecular complexity index is 979. The van der Waals surface area contributed by atoms with Crippen molar-refractivity contribution in [2.45, 2.75) is 26.9 Å². The summed E-state index contributed by atoms with van der Waals surface area (Å²) >= 11 is 1.20. The van der Waals surface area contributed by atoms with Crippen LogP contribution >= 0.6 is 11.3 Å². The van der Waals surface area contributed by atoms with E-state index in [1.165, 1.54) is 23.5 Å². The summed E-state index contributed by atoms with van der Waals surface area (Å²) in [6.45, 7) is 5.39. The largest absolute Gasteiger partial charge is 0.416 e. The lowest BCUT2D eigenvalue weighted by Gasteiger charge is -2.09. The Labute approximate surface area is 145 Å². The molecule has 0 unspecified atom stereocenters. The van der Waals surface area contributed by atoms with Crippen molar-refractivity contribution in [2.75, 3.05) is 5.32 Å². The van der Waals surface area contributed by atoms with Gasteiger partial charge in [-0.2, -0.15) is 13.2 Å². The number of nitrogens with zero attached hydrogens (tertiary/aromatic N) is 2. The van der Waals surface area contributed by atoms with Gasteiger partial charge in [0.1, 0.15) is 10.7 Å². The second kappa shape index (κ2) is 6.11. The summed E-state index contributed by atoms with van der Waals surface area (Å²) < 4.78 is 38.4. The number of hydrogen-bond donors (Lipinski definition) is 1. The molecule has 0 radical (unpaired) electrons. The molecule has 1 amide bonds. The smallest absolute Gasteiger partial charge is 0.321 e. The number of fused-ring (bicyclic) bond motifs is 1. The van der Waals surface area contributed by atoms with Gasteiger partial charge in [-0.05, 0) is 44.5 Å². The topological polar surface area (TPSA) is 54.9 Å². The number of benzene rings is 1. The van der Waals surface area contributed by atoms with Gasteiger partial charge in [-0.15, -0.1) is 11.3 Å². The Kier molecular flexibility index (Phi) is 4.24. The van der Waals surface area contributed by atoms with Crippen molar-refractivity contribution in [1.29, 1.82) is 0 Å². The van der Waals surface area contributed by atoms with Crippen LogP contribution < -0.4 is 5.32 Å². The molecule has 0 aliphatic carbocycles. The van der Waals surface area contributed by atoms with Crippen LogP contribution in [0.5, 0.6) is 0 Å². The molecule has 0 saturated carbocycles. The standard InChI is InChI=1S/C17H14F3N3OS/c1-8-13-9(2)21-10(3)22-16(13)25-14(8)15(24)23-12-6-4-5-11(7-12)17(18,19)20/h4-7H,1-3H3,(H,23,24). The Balaban J connectivity index is 1.96. The minimum Gasteiger partial charge on any atom is -0.321 e. The fourth-order valence-corrected chi connectivity index (χ4v) is 3.82. The number of carbonyl (C=O) groups excluding carboxylic acids is 1. The number of anilines is 1. The molecular weight excluding hydrogens is 351 g/mol. The van der Waals surface area contributed by atoms with Gasteiger partial charge in [0.05, 0.1) is 10.4 Å². The van der Waals surface area contributed by atoms with E-state index in [-0.39, 0.29) is 5.69 Å². The van der Waals surface area contributed by atoms with E-state index in [9.17, 15) is 18.0 Å². The minimum absolute atomic E-state index is 0.0932. The summed E-state index contributed by atoms with van der Waals surface area (Å²) in [5.41, 5.74) is 0.780. The average molecular weight is 365 g/mol. The zero-order valence-electron chi connectivity index (χ0n) is 13.7. The summed E-state index contributed by atoms with van der Waals surface area (Å²) in [5, 5.41) is 3.34. The van der Waals surface area contributed by atoms with Gasteiger partial charge in [-0.25, -0.2) is 9.97 Å². The van der Waals surface area contributed by atoms with Crippen molar-refractivity contribution in [3.8, 4) is 0 Å². The Morgan fingerprint density at radius 1 is 1.16 bits per heavy atom. The highest BCUT2D eigenvalue weighted by Gasteiger charge is 2.30. The number of aromatic nitrogens is 2. The highest BCUT2D eigenvalue weighted by atomic mass is 32.1. The van der Waals surface area contributed by atoms with Crippen LogP contribution in [0.2, 0.25) is 0 Å². The molecule has 0 spiro atoms. The molecule has 130 valence electrons. The van der Waals surface area contributed by atoms with E-state index in [1.807, 2.05) is 6.92 Å². The van der Waals surface area contributed by atoms with Gasteiger partial charge in [0.2, 0.25) is 0 Å². The number of alkyl halides is 3. The van der Waals surface area contributed by atoms with Gasteiger partial charge in [0, 0.05) is 16.8 Å². The molecular formula is C17H14F3N3OS. The average Bonchev–Trinajstić information content (AvgIpc) is 2.83. The number of halogens is 3. The van der Waals surface area contributed by atoms with Crippen LogP contribution in [0.15, 0.2) is 24.3 Å². The first kappa shape index (κ1) is 17.3. The molecule has 0 atom stereocenters. The second-order valence-corrected chi connectivity index (χ2v) is 6.62. The van der Waals surface area contributed by atoms with E-state index in [4.69, 9.17) is 0 Å². The molecule has 0 bridgehead atoms. The van der Waals surface area contributed by atoms with E-state index in [2.05, 4.69) is 15.3 Å². The normalized spacial score (nSPS) is 11.8. The highest BCUT2D eigenvalue weighted by Crippen LogP contribution is 2.33. The lowest BCUT2D eigenvalue weighted by Crippen LogP contribution is -2.12. The summed E-state index contributed by atoms with van der Waals surface area (Å²) in [7, 11) is 0. The van der Waals surface area contributed by atoms with E-state index in [1.54, 1.807) is 13.8 Å². The third-order valence-electron chi connectivity index (χ3n) is 3.74. The van der Waals surface area contributed by atoms with Crippen LogP contribution in [0.25, 0.3) is 10.2 Å². The van der Waals surface area contributed by atoms with E-state index in [0.29, 0.717) is 15.5 Å². The number of amides is 1. The van der Waals surface area contributed by atoms with Crippen molar-refractivity contribution in [2.24, 2.45) is 0 Å². The van der Waals surface area contributed by atoms with Gasteiger partial charge in [0.15, 0.2) is 0 Å². The quantitative estimate of drug-likeness (QED) is 0.704. The summed E-state index contributed by atoms with van der Waals surface area (Å²) in [4.78, 5) is 22.3. The first-order chi connectivity index (χ1) is 11.7. The van der Waals surface area contributed by atoms with E-state index in [0.717, 1.165) is 28.8 Å². The summed E-state index contributed by atoms with van der Waals surface area (Å²) in [6, 6.07) is 4.55. The molecule has 3 rings (SSSR count). The summed E-state index contributed by atoms with van der Waals surface area (Å²) in [6.07, 6.45) is -4.46. The molecule has 4 nitrogen and oxygen atoms in total. The number of hydrogen-bond acceptors (Lipinski definition) is 4. The molecule has 1 N–H and O–H groups in total. The second-order valence-electron chi connectivity index (χ2n) is 5.63. The lowest BCUT2D eigenvalue weighted by atomic mass is 10.1. The zero-order valence-corrected chi connectivity index (χ0v) is 14.5. The molecule has 0 aliphatic rings. The first-order valence-electron chi connectivity index (χ1n) is 7.40. The number of thiophene rings is 1. The molecule has 2 aromatic heterocycles. The van der Waals surface area contributed by atoms with E-state index >= 15 is 0 Å². The van der Waals surface area contributed by atoms with Crippen LogP contribution in [0.4, 0.5) is 18.9 Å². The van der Waals surface area contributed by atoms with Crippen LogP contribution in [-0.2, 0) is 6.18 Å². The predicted octanol–water partition coefficient (Wildman–Crippen LogP) is 4.89. The molecule has 25 heavy (non-hydrogen) atoms. The van der Waals surface area contributed by atoms with Crippen LogP contribution in [0.1, 0.15) is 32.3 Å². The van der Waals surface area contributed by atoms with Crippen LogP contribution in [0, 0.1) is 20.8 Å². The zero-order chi connectivity index (χ0) is 18.4. The fraction of sp³-hybridized carbons (Fsp3) is 0.235. The third-order valence-corrected chi connectivity index (χ3v) is 4.92. The molecule has 0 fully saturated rings. The molecule has 0 aliphatic heterocycles. The minimum atomic E-state index is -4.46. The molecule has 3 aromatic rings. The van der Waals surface area contributed by atoms with Gasteiger partial charge < -0.3 is 5.32 Å². The maximum absolute atomic E-state index is 12.8. The van der Waals surface area contributed by atoms with Crippen LogP contribution in [0.3, 0.4) is 0 Å².